The maximum Gasteiger partial charge on any atom is 0.202 e. The van der Waals surface area contributed by atoms with Gasteiger partial charge in [-0.15, -0.1) is 0 Å². The molecule has 1 heterocycles. The van der Waals surface area contributed by atoms with Crippen LogP contribution in [0.5, 0.6) is 0 Å². The van der Waals surface area contributed by atoms with Gasteiger partial charge in [0.15, 0.2) is 0 Å². The van der Waals surface area contributed by atoms with Crippen molar-refractivity contribution >= 4 is 16.7 Å². The minimum Gasteiger partial charge on any atom is -0.360 e. The van der Waals surface area contributed by atoms with Crippen LogP contribution in [0.2, 0.25) is 0 Å². The van der Waals surface area contributed by atoms with Crippen molar-refractivity contribution < 1.29 is 0 Å². The van der Waals surface area contributed by atoms with Crippen molar-refractivity contribution in [3.63, 3.8) is 0 Å². The average Bonchev–Trinajstić information content (AvgIpc) is 2.96. The lowest BCUT2D eigenvalue weighted by molar-refractivity contribution is 0.405. The molecule has 0 aliphatic heterocycles. The quantitative estimate of drug-likeness (QED) is 0.803. The minimum absolute atomic E-state index is 0.116. The minimum atomic E-state index is 0.116. The highest BCUT2D eigenvalue weighted by Gasteiger charge is 2.28. The standard InChI is InChI=1S/C10H18N4S/c1-10(2,5-11)6-12-9-13-8(14-15-9)7-3-4-7/h7H,3-6,11H2,1-2H3,(H,12,13,14). The molecule has 1 aliphatic rings. The van der Waals surface area contributed by atoms with Gasteiger partial charge in [0.25, 0.3) is 0 Å². The largest absolute Gasteiger partial charge is 0.360 e. The Kier molecular flexibility index (Phi) is 2.93. The lowest BCUT2D eigenvalue weighted by Crippen LogP contribution is -2.31. The summed E-state index contributed by atoms with van der Waals surface area (Å²) in [6.07, 6.45) is 2.51. The Morgan fingerprint density at radius 1 is 1.53 bits per heavy atom. The second kappa shape index (κ2) is 4.06. The van der Waals surface area contributed by atoms with Gasteiger partial charge >= 0.3 is 0 Å². The summed E-state index contributed by atoms with van der Waals surface area (Å²) in [7, 11) is 0. The first-order chi connectivity index (χ1) is 7.11. The third-order valence-electron chi connectivity index (χ3n) is 2.65. The number of nitrogens with two attached hydrogens (primary N) is 1. The van der Waals surface area contributed by atoms with Crippen molar-refractivity contribution in [3.05, 3.63) is 5.82 Å². The highest BCUT2D eigenvalue weighted by Crippen LogP contribution is 2.39. The molecule has 0 radical (unpaired) electrons. The van der Waals surface area contributed by atoms with Gasteiger partial charge in [-0.05, 0) is 24.8 Å². The zero-order valence-electron chi connectivity index (χ0n) is 9.29. The van der Waals surface area contributed by atoms with Gasteiger partial charge in [-0.25, -0.2) is 4.98 Å². The molecule has 15 heavy (non-hydrogen) atoms. The SMILES string of the molecule is CC(C)(CN)CNc1nc(C2CC2)ns1. The fourth-order valence-corrected chi connectivity index (χ4v) is 1.84. The molecule has 1 saturated carbocycles. The lowest BCUT2D eigenvalue weighted by Gasteiger charge is -2.21. The van der Waals surface area contributed by atoms with Crippen LogP contribution in [0.1, 0.15) is 38.4 Å². The van der Waals surface area contributed by atoms with E-state index >= 15 is 0 Å². The molecule has 2 rings (SSSR count). The zero-order chi connectivity index (χ0) is 10.9. The number of rotatable bonds is 5. The highest BCUT2D eigenvalue weighted by molar-refractivity contribution is 7.09. The topological polar surface area (TPSA) is 63.8 Å². The Bertz CT molecular complexity index is 330. The van der Waals surface area contributed by atoms with Crippen molar-refractivity contribution in [1.82, 2.24) is 9.36 Å². The smallest absolute Gasteiger partial charge is 0.202 e. The maximum atomic E-state index is 5.66. The van der Waals surface area contributed by atoms with E-state index in [-0.39, 0.29) is 5.41 Å². The van der Waals surface area contributed by atoms with Crippen molar-refractivity contribution in [2.45, 2.75) is 32.6 Å². The van der Waals surface area contributed by atoms with Crippen LogP contribution in [0.15, 0.2) is 0 Å². The zero-order valence-corrected chi connectivity index (χ0v) is 10.1. The van der Waals surface area contributed by atoms with Gasteiger partial charge in [0, 0.05) is 24.0 Å². The summed E-state index contributed by atoms with van der Waals surface area (Å²) >= 11 is 1.46. The van der Waals surface area contributed by atoms with E-state index in [0.717, 1.165) is 17.5 Å². The molecule has 0 atom stereocenters. The van der Waals surface area contributed by atoms with E-state index in [2.05, 4.69) is 28.5 Å². The molecule has 3 N–H and O–H groups in total. The van der Waals surface area contributed by atoms with Crippen molar-refractivity contribution in [2.24, 2.45) is 11.1 Å². The van der Waals surface area contributed by atoms with Crippen LogP contribution >= 0.6 is 11.5 Å². The van der Waals surface area contributed by atoms with Crippen LogP contribution < -0.4 is 11.1 Å². The molecule has 0 spiro atoms. The van der Waals surface area contributed by atoms with Crippen LogP contribution in [0.4, 0.5) is 5.13 Å². The van der Waals surface area contributed by atoms with Crippen molar-refractivity contribution in [1.29, 1.82) is 0 Å². The predicted octanol–water partition coefficient (Wildman–Crippen LogP) is 1.81. The van der Waals surface area contributed by atoms with Gasteiger partial charge in [-0.2, -0.15) is 4.37 Å². The van der Waals surface area contributed by atoms with E-state index in [1.165, 1.54) is 24.4 Å². The van der Waals surface area contributed by atoms with E-state index in [4.69, 9.17) is 5.73 Å². The molecule has 1 fully saturated rings. The van der Waals surface area contributed by atoms with E-state index in [9.17, 15) is 0 Å². The van der Waals surface area contributed by atoms with E-state index in [1.54, 1.807) is 0 Å². The summed E-state index contributed by atoms with van der Waals surface area (Å²) in [6.45, 7) is 5.81. The first-order valence-corrected chi connectivity index (χ1v) is 6.15. The molecule has 5 heteroatoms. The fraction of sp³-hybridized carbons (Fsp3) is 0.800. The Balaban J connectivity index is 1.87. The van der Waals surface area contributed by atoms with Gasteiger partial charge in [-0.3, -0.25) is 0 Å². The molecule has 4 nitrogen and oxygen atoms in total. The maximum absolute atomic E-state index is 5.66. The lowest BCUT2D eigenvalue weighted by atomic mass is 9.94. The Morgan fingerprint density at radius 3 is 2.87 bits per heavy atom. The Hall–Kier alpha value is -0.680. The third kappa shape index (κ3) is 2.89. The Labute approximate surface area is 94.5 Å². The normalized spacial score (nSPS) is 16.7. The molecule has 0 saturated heterocycles. The van der Waals surface area contributed by atoms with Gasteiger partial charge in [0.1, 0.15) is 5.82 Å². The molecular formula is C10H18N4S. The summed E-state index contributed by atoms with van der Waals surface area (Å²) in [4.78, 5) is 4.47. The second-order valence-electron chi connectivity index (χ2n) is 4.95. The third-order valence-corrected chi connectivity index (χ3v) is 3.34. The first kappa shape index (κ1) is 10.8. The van der Waals surface area contributed by atoms with Gasteiger partial charge in [0.05, 0.1) is 0 Å². The van der Waals surface area contributed by atoms with E-state index in [0.29, 0.717) is 12.5 Å². The molecule has 0 bridgehead atoms. The monoisotopic (exact) mass is 226 g/mol. The number of anilines is 1. The molecule has 1 aromatic rings. The molecule has 0 amide bonds. The van der Waals surface area contributed by atoms with E-state index in [1.807, 2.05) is 0 Å². The number of nitrogens with one attached hydrogen (secondary N) is 1. The van der Waals surface area contributed by atoms with Gasteiger partial charge < -0.3 is 11.1 Å². The molecule has 1 aromatic heterocycles. The molecule has 84 valence electrons. The number of hydrogen-bond acceptors (Lipinski definition) is 5. The summed E-state index contributed by atoms with van der Waals surface area (Å²) in [5.41, 5.74) is 5.78. The first-order valence-electron chi connectivity index (χ1n) is 5.38. The van der Waals surface area contributed by atoms with Gasteiger partial charge in [-0.1, -0.05) is 13.8 Å². The molecule has 0 unspecified atom stereocenters. The van der Waals surface area contributed by atoms with Crippen LogP contribution in [0.3, 0.4) is 0 Å². The number of hydrogen-bond donors (Lipinski definition) is 2. The highest BCUT2D eigenvalue weighted by atomic mass is 32.1. The van der Waals surface area contributed by atoms with E-state index < -0.39 is 0 Å². The van der Waals surface area contributed by atoms with Gasteiger partial charge in [0.2, 0.25) is 5.13 Å². The van der Waals surface area contributed by atoms with Crippen molar-refractivity contribution in [3.8, 4) is 0 Å². The Morgan fingerprint density at radius 2 is 2.27 bits per heavy atom. The molecular weight excluding hydrogens is 208 g/mol. The summed E-state index contributed by atoms with van der Waals surface area (Å²) in [5.74, 6) is 1.66. The summed E-state index contributed by atoms with van der Waals surface area (Å²) in [6, 6.07) is 0. The second-order valence-corrected chi connectivity index (χ2v) is 5.71. The predicted molar refractivity (Wildman–Crippen MR) is 63.2 cm³/mol. The summed E-state index contributed by atoms with van der Waals surface area (Å²) < 4.78 is 4.34. The fourth-order valence-electron chi connectivity index (χ4n) is 1.20. The molecule has 0 aromatic carbocycles. The van der Waals surface area contributed by atoms with Crippen molar-refractivity contribution in [2.75, 3.05) is 18.4 Å². The number of nitrogens with zero attached hydrogens (tertiary/aromatic N) is 2. The van der Waals surface area contributed by atoms with Crippen LogP contribution in [0.25, 0.3) is 0 Å². The van der Waals surface area contributed by atoms with Crippen LogP contribution in [-0.2, 0) is 0 Å². The number of aromatic nitrogens is 2. The molecule has 1 aliphatic carbocycles. The van der Waals surface area contributed by atoms with Crippen LogP contribution in [-0.4, -0.2) is 22.4 Å². The summed E-state index contributed by atoms with van der Waals surface area (Å²) in [5, 5.41) is 4.23. The van der Waals surface area contributed by atoms with Crippen LogP contribution in [0, 0.1) is 5.41 Å². The average molecular weight is 226 g/mol.